The third-order valence-electron chi connectivity index (χ3n) is 4.79. The summed E-state index contributed by atoms with van der Waals surface area (Å²) in [6.07, 6.45) is 6.41. The summed E-state index contributed by atoms with van der Waals surface area (Å²) >= 11 is 0. The zero-order chi connectivity index (χ0) is 16.7. The second kappa shape index (κ2) is 5.89. The zero-order valence-corrected chi connectivity index (χ0v) is 14.4. The molecule has 2 atom stereocenters. The van der Waals surface area contributed by atoms with Crippen LogP contribution in [-0.2, 0) is 29.4 Å². The lowest BCUT2D eigenvalue weighted by molar-refractivity contribution is 0.254. The Kier molecular flexibility index (Phi) is 3.85. The molecule has 128 valence electrons. The summed E-state index contributed by atoms with van der Waals surface area (Å²) in [5.41, 5.74) is 0.963. The van der Waals surface area contributed by atoms with Crippen molar-refractivity contribution in [2.45, 2.75) is 43.7 Å². The third kappa shape index (κ3) is 2.93. The van der Waals surface area contributed by atoms with Crippen LogP contribution >= 0.6 is 0 Å². The molecule has 3 heterocycles. The molecular weight excluding hydrogens is 326 g/mol. The second-order valence-electron chi connectivity index (χ2n) is 6.65. The van der Waals surface area contributed by atoms with Crippen molar-refractivity contribution in [3.05, 3.63) is 42.0 Å². The van der Waals surface area contributed by atoms with E-state index in [9.17, 15) is 8.42 Å². The predicted octanol–water partition coefficient (Wildman–Crippen LogP) is 1.75. The van der Waals surface area contributed by atoms with Crippen molar-refractivity contribution in [1.82, 2.24) is 14.3 Å². The number of ether oxygens (including phenoxy) is 1. The Balaban J connectivity index is 1.44. The van der Waals surface area contributed by atoms with Crippen LogP contribution in [0.15, 0.2) is 35.5 Å². The van der Waals surface area contributed by atoms with Gasteiger partial charge >= 0.3 is 0 Å². The first-order valence-electron chi connectivity index (χ1n) is 8.30. The van der Waals surface area contributed by atoms with Gasteiger partial charge in [0.15, 0.2) is 0 Å². The van der Waals surface area contributed by atoms with Crippen LogP contribution in [-0.4, -0.2) is 30.6 Å². The van der Waals surface area contributed by atoms with Gasteiger partial charge in [-0.2, -0.15) is 0 Å². The van der Waals surface area contributed by atoms with E-state index in [1.54, 1.807) is 24.4 Å². The Hall–Kier alpha value is -1.86. The molecule has 1 aromatic heterocycles. The summed E-state index contributed by atoms with van der Waals surface area (Å²) in [4.78, 5) is 4.64. The molecule has 2 aliphatic heterocycles. The summed E-state index contributed by atoms with van der Waals surface area (Å²) in [7, 11) is -3.50. The largest absolute Gasteiger partial charge is 0.490 e. The summed E-state index contributed by atoms with van der Waals surface area (Å²) < 4.78 is 35.7. The van der Waals surface area contributed by atoms with Crippen molar-refractivity contribution in [3.63, 3.8) is 0 Å². The second-order valence-corrected chi connectivity index (χ2v) is 8.42. The van der Waals surface area contributed by atoms with E-state index in [1.165, 1.54) is 0 Å². The molecule has 0 spiro atoms. The lowest BCUT2D eigenvalue weighted by atomic mass is 9.98. The van der Waals surface area contributed by atoms with Gasteiger partial charge in [-0.1, -0.05) is 0 Å². The maximum atomic E-state index is 12.6. The number of benzene rings is 1. The molecule has 0 amide bonds. The van der Waals surface area contributed by atoms with Crippen LogP contribution in [0, 0.1) is 5.92 Å². The van der Waals surface area contributed by atoms with Crippen LogP contribution in [0.2, 0.25) is 0 Å². The number of hydrogen-bond donors (Lipinski definition) is 1. The average Bonchev–Trinajstić information content (AvgIpc) is 3.16. The summed E-state index contributed by atoms with van der Waals surface area (Å²) in [5, 5.41) is 0. The van der Waals surface area contributed by atoms with Crippen LogP contribution in [0.5, 0.6) is 5.75 Å². The van der Waals surface area contributed by atoms with Crippen LogP contribution in [0.4, 0.5) is 0 Å². The molecule has 0 saturated heterocycles. The Morgan fingerprint density at radius 2 is 2.25 bits per heavy atom. The van der Waals surface area contributed by atoms with Gasteiger partial charge < -0.3 is 9.30 Å². The average molecular weight is 347 g/mol. The highest BCUT2D eigenvalue weighted by Crippen LogP contribution is 2.30. The minimum absolute atomic E-state index is 0.108. The molecule has 0 radical (unpaired) electrons. The fraction of sp³-hybridized carbons (Fsp3) is 0.471. The third-order valence-corrected chi connectivity index (χ3v) is 6.21. The number of hydrogen-bond acceptors (Lipinski definition) is 4. The molecule has 7 heteroatoms. The Bertz CT molecular complexity index is 860. The van der Waals surface area contributed by atoms with Gasteiger partial charge in [0, 0.05) is 38.3 Å². The van der Waals surface area contributed by atoms with Gasteiger partial charge in [-0.3, -0.25) is 0 Å². The molecule has 0 aliphatic carbocycles. The molecular formula is C17H21N3O3S. The summed E-state index contributed by atoms with van der Waals surface area (Å²) in [6, 6.07) is 5.10. The van der Waals surface area contributed by atoms with Gasteiger partial charge in [-0.05, 0) is 43.0 Å². The monoisotopic (exact) mass is 347 g/mol. The number of aromatic nitrogens is 2. The van der Waals surface area contributed by atoms with Crippen molar-refractivity contribution in [1.29, 1.82) is 0 Å². The maximum absolute atomic E-state index is 12.6. The number of nitrogens with one attached hydrogen (secondary N) is 1. The molecule has 0 fully saturated rings. The number of fused-ring (bicyclic) bond motifs is 2. The lowest BCUT2D eigenvalue weighted by Crippen LogP contribution is -2.33. The van der Waals surface area contributed by atoms with E-state index < -0.39 is 10.0 Å². The van der Waals surface area contributed by atoms with Gasteiger partial charge in [0.05, 0.1) is 4.90 Å². The Morgan fingerprint density at radius 1 is 1.38 bits per heavy atom. The van der Waals surface area contributed by atoms with E-state index in [0.717, 1.165) is 42.9 Å². The molecule has 1 aromatic carbocycles. The van der Waals surface area contributed by atoms with Gasteiger partial charge in [-0.15, -0.1) is 0 Å². The SMILES string of the molecule is C[C@@H]1Cc2cc(S(=O)(=O)NC[C@H]3CCn4ccnc4C3)ccc2O1. The van der Waals surface area contributed by atoms with E-state index in [-0.39, 0.29) is 12.0 Å². The fourth-order valence-corrected chi connectivity index (χ4v) is 4.63. The molecule has 0 saturated carbocycles. The van der Waals surface area contributed by atoms with Gasteiger partial charge in [-0.25, -0.2) is 18.1 Å². The molecule has 2 aliphatic rings. The smallest absolute Gasteiger partial charge is 0.240 e. The topological polar surface area (TPSA) is 73.2 Å². The Labute approximate surface area is 141 Å². The quantitative estimate of drug-likeness (QED) is 0.914. The molecule has 1 N–H and O–H groups in total. The minimum atomic E-state index is -3.50. The molecule has 2 aromatic rings. The van der Waals surface area contributed by atoms with Crippen molar-refractivity contribution >= 4 is 10.0 Å². The highest BCUT2D eigenvalue weighted by atomic mass is 32.2. The number of aryl methyl sites for hydroxylation is 1. The molecule has 24 heavy (non-hydrogen) atoms. The first-order valence-corrected chi connectivity index (χ1v) is 9.79. The highest BCUT2D eigenvalue weighted by Gasteiger charge is 2.25. The fourth-order valence-electron chi connectivity index (χ4n) is 3.47. The van der Waals surface area contributed by atoms with Crippen molar-refractivity contribution < 1.29 is 13.2 Å². The van der Waals surface area contributed by atoms with E-state index >= 15 is 0 Å². The molecule has 6 nitrogen and oxygen atoms in total. The van der Waals surface area contributed by atoms with Gasteiger partial charge in [0.2, 0.25) is 10.0 Å². The minimum Gasteiger partial charge on any atom is -0.490 e. The molecule has 0 unspecified atom stereocenters. The van der Waals surface area contributed by atoms with Crippen LogP contribution in [0.25, 0.3) is 0 Å². The van der Waals surface area contributed by atoms with Crippen molar-refractivity contribution in [2.75, 3.05) is 6.54 Å². The van der Waals surface area contributed by atoms with Gasteiger partial charge in [0.25, 0.3) is 0 Å². The van der Waals surface area contributed by atoms with E-state index in [1.807, 2.05) is 13.1 Å². The first kappa shape index (κ1) is 15.7. The highest BCUT2D eigenvalue weighted by molar-refractivity contribution is 7.89. The van der Waals surface area contributed by atoms with E-state index in [0.29, 0.717) is 11.4 Å². The lowest BCUT2D eigenvalue weighted by Gasteiger charge is -2.23. The van der Waals surface area contributed by atoms with Gasteiger partial charge in [0.1, 0.15) is 17.7 Å². The number of rotatable bonds is 4. The number of imidazole rings is 1. The van der Waals surface area contributed by atoms with E-state index in [2.05, 4.69) is 14.3 Å². The summed E-state index contributed by atoms with van der Waals surface area (Å²) in [5.74, 6) is 2.11. The zero-order valence-electron chi connectivity index (χ0n) is 13.6. The van der Waals surface area contributed by atoms with Crippen molar-refractivity contribution in [3.8, 4) is 5.75 Å². The van der Waals surface area contributed by atoms with Crippen LogP contribution in [0.3, 0.4) is 0 Å². The number of nitrogens with zero attached hydrogens (tertiary/aromatic N) is 2. The molecule has 0 bridgehead atoms. The normalized spacial score (nSPS) is 22.7. The molecule has 4 rings (SSSR count). The van der Waals surface area contributed by atoms with Crippen LogP contribution in [0.1, 0.15) is 24.7 Å². The van der Waals surface area contributed by atoms with E-state index in [4.69, 9.17) is 4.74 Å². The summed E-state index contributed by atoms with van der Waals surface area (Å²) in [6.45, 7) is 3.33. The first-order chi connectivity index (χ1) is 11.5. The maximum Gasteiger partial charge on any atom is 0.240 e. The standard InChI is InChI=1S/C17H21N3O3S/c1-12-8-14-10-15(2-3-16(14)23-12)24(21,22)19-11-13-4-6-20-7-5-18-17(20)9-13/h2-3,5,7,10,12-13,19H,4,6,8-9,11H2,1H3/t12-,13+/m1/s1. The Morgan fingerprint density at radius 3 is 3.12 bits per heavy atom. The number of sulfonamides is 1. The van der Waals surface area contributed by atoms with Crippen molar-refractivity contribution in [2.24, 2.45) is 5.92 Å². The van der Waals surface area contributed by atoms with Crippen LogP contribution < -0.4 is 9.46 Å². The predicted molar refractivity (Wildman–Crippen MR) is 89.5 cm³/mol.